The van der Waals surface area contributed by atoms with E-state index in [0.29, 0.717) is 12.4 Å². The van der Waals surface area contributed by atoms with E-state index < -0.39 is 4.92 Å². The van der Waals surface area contributed by atoms with Gasteiger partial charge in [-0.25, -0.2) is 0 Å². The van der Waals surface area contributed by atoms with Crippen LogP contribution in [0.2, 0.25) is 0 Å². The number of aliphatic hydroxyl groups is 1. The lowest BCUT2D eigenvalue weighted by Gasteiger charge is -2.25. The highest BCUT2D eigenvalue weighted by atomic mass is 16.6. The summed E-state index contributed by atoms with van der Waals surface area (Å²) in [6.45, 7) is 3.37. The predicted molar refractivity (Wildman–Crippen MR) is 76.3 cm³/mol. The number of ether oxygens (including phenoxy) is 1. The van der Waals surface area contributed by atoms with Gasteiger partial charge in [-0.3, -0.25) is 10.1 Å². The second kappa shape index (κ2) is 6.56. The van der Waals surface area contributed by atoms with Crippen LogP contribution in [-0.2, 0) is 0 Å². The normalized spacial score (nSPS) is 18.3. The Morgan fingerprint density at radius 3 is 3.00 bits per heavy atom. The molecule has 0 aromatic heterocycles. The quantitative estimate of drug-likeness (QED) is 0.639. The monoisotopic (exact) mass is 280 g/mol. The van der Waals surface area contributed by atoms with E-state index >= 15 is 0 Å². The van der Waals surface area contributed by atoms with Crippen molar-refractivity contribution >= 4 is 11.4 Å². The molecule has 0 spiro atoms. The van der Waals surface area contributed by atoms with Gasteiger partial charge in [0.2, 0.25) is 0 Å². The van der Waals surface area contributed by atoms with Crippen molar-refractivity contribution in [3.8, 4) is 5.75 Å². The van der Waals surface area contributed by atoms with Crippen LogP contribution in [0.15, 0.2) is 18.2 Å². The van der Waals surface area contributed by atoms with Gasteiger partial charge in [-0.1, -0.05) is 6.92 Å². The van der Waals surface area contributed by atoms with E-state index in [0.717, 1.165) is 31.5 Å². The first-order valence-electron chi connectivity index (χ1n) is 6.96. The zero-order valence-corrected chi connectivity index (χ0v) is 11.6. The molecule has 1 aromatic rings. The van der Waals surface area contributed by atoms with Crippen molar-refractivity contribution in [3.63, 3.8) is 0 Å². The van der Waals surface area contributed by atoms with Crippen LogP contribution in [0.4, 0.5) is 11.4 Å². The van der Waals surface area contributed by atoms with E-state index in [9.17, 15) is 15.2 Å². The molecular weight excluding hydrogens is 260 g/mol. The minimum absolute atomic E-state index is 0.0121. The fourth-order valence-electron chi connectivity index (χ4n) is 2.53. The molecular formula is C14H20N2O4. The largest absolute Gasteiger partial charge is 0.487 e. The van der Waals surface area contributed by atoms with E-state index in [1.165, 1.54) is 6.07 Å². The van der Waals surface area contributed by atoms with Gasteiger partial charge in [-0.2, -0.15) is 0 Å². The van der Waals surface area contributed by atoms with E-state index in [4.69, 9.17) is 4.74 Å². The molecule has 0 bridgehead atoms. The predicted octanol–water partition coefficient (Wildman–Crippen LogP) is 2.34. The highest BCUT2D eigenvalue weighted by Gasteiger charge is 2.26. The third kappa shape index (κ3) is 3.01. The lowest BCUT2D eigenvalue weighted by Crippen LogP contribution is -2.31. The molecule has 1 aliphatic rings. The van der Waals surface area contributed by atoms with Crippen LogP contribution in [0.25, 0.3) is 0 Å². The number of aliphatic hydroxyl groups excluding tert-OH is 1. The van der Waals surface area contributed by atoms with Crippen molar-refractivity contribution in [3.05, 3.63) is 28.3 Å². The maximum atomic E-state index is 11.0. The zero-order chi connectivity index (χ0) is 14.5. The van der Waals surface area contributed by atoms with Crippen LogP contribution in [0.5, 0.6) is 5.75 Å². The maximum Gasteiger partial charge on any atom is 0.311 e. The number of nitrogens with zero attached hydrogens (tertiary/aromatic N) is 2. The molecule has 20 heavy (non-hydrogen) atoms. The third-order valence-corrected chi connectivity index (χ3v) is 3.52. The molecule has 1 aliphatic heterocycles. The Bertz CT molecular complexity index is 478. The maximum absolute atomic E-state index is 11.0. The number of rotatable bonds is 6. The molecule has 1 heterocycles. The molecule has 6 heteroatoms. The topological polar surface area (TPSA) is 75.8 Å². The molecule has 0 saturated carbocycles. The summed E-state index contributed by atoms with van der Waals surface area (Å²) in [4.78, 5) is 12.7. The molecule has 0 amide bonds. The fraction of sp³-hybridized carbons (Fsp3) is 0.571. The van der Waals surface area contributed by atoms with Crippen LogP contribution in [-0.4, -0.2) is 35.8 Å². The second-order valence-electron chi connectivity index (χ2n) is 4.93. The van der Waals surface area contributed by atoms with Crippen LogP contribution in [0.1, 0.15) is 26.2 Å². The molecule has 1 saturated heterocycles. The highest BCUT2D eigenvalue weighted by Crippen LogP contribution is 2.34. The minimum Gasteiger partial charge on any atom is -0.487 e. The molecule has 6 nitrogen and oxygen atoms in total. The Balaban J connectivity index is 2.28. The van der Waals surface area contributed by atoms with E-state index in [2.05, 4.69) is 4.90 Å². The summed E-state index contributed by atoms with van der Waals surface area (Å²) in [6.07, 6.45) is 2.76. The Kier molecular flexibility index (Phi) is 4.79. The van der Waals surface area contributed by atoms with Gasteiger partial charge in [0.25, 0.3) is 0 Å². The Labute approximate surface area is 118 Å². The van der Waals surface area contributed by atoms with Crippen molar-refractivity contribution in [1.29, 1.82) is 0 Å². The zero-order valence-electron chi connectivity index (χ0n) is 11.6. The summed E-state index contributed by atoms with van der Waals surface area (Å²) in [7, 11) is 0. The molecule has 0 radical (unpaired) electrons. The van der Waals surface area contributed by atoms with Gasteiger partial charge in [0.15, 0.2) is 5.75 Å². The SMILES string of the molecule is CCCOc1cc(N2CCCC2CO)ccc1[N+](=O)[O-]. The van der Waals surface area contributed by atoms with Gasteiger partial charge in [0.05, 0.1) is 24.2 Å². The average molecular weight is 280 g/mol. The number of hydrogen-bond acceptors (Lipinski definition) is 5. The molecule has 110 valence electrons. The second-order valence-corrected chi connectivity index (χ2v) is 4.93. The number of nitro groups is 1. The molecule has 1 aromatic carbocycles. The van der Waals surface area contributed by atoms with Crippen LogP contribution in [0.3, 0.4) is 0 Å². The van der Waals surface area contributed by atoms with Gasteiger partial charge < -0.3 is 14.7 Å². The number of benzene rings is 1. The molecule has 1 atom stereocenters. The van der Waals surface area contributed by atoms with Gasteiger partial charge in [0.1, 0.15) is 0 Å². The summed E-state index contributed by atoms with van der Waals surface area (Å²) in [5, 5.41) is 20.4. The molecule has 1 N–H and O–H groups in total. The standard InChI is InChI=1S/C14H20N2O4/c1-2-8-20-14-9-11(5-6-13(14)16(18)19)15-7-3-4-12(15)10-17/h5-6,9,12,17H,2-4,7-8,10H2,1H3. The van der Waals surface area contributed by atoms with E-state index in [-0.39, 0.29) is 18.3 Å². The van der Waals surface area contributed by atoms with Gasteiger partial charge in [-0.15, -0.1) is 0 Å². The van der Waals surface area contributed by atoms with Crippen LogP contribution in [0, 0.1) is 10.1 Å². The minimum atomic E-state index is -0.428. The number of hydrogen-bond donors (Lipinski definition) is 1. The van der Waals surface area contributed by atoms with Crippen molar-refractivity contribution in [2.75, 3.05) is 24.7 Å². The van der Waals surface area contributed by atoms with Crippen molar-refractivity contribution in [1.82, 2.24) is 0 Å². The molecule has 0 aliphatic carbocycles. The van der Waals surface area contributed by atoms with Crippen molar-refractivity contribution < 1.29 is 14.8 Å². The highest BCUT2D eigenvalue weighted by molar-refractivity contribution is 5.60. The Morgan fingerprint density at radius 2 is 2.35 bits per heavy atom. The Morgan fingerprint density at radius 1 is 1.55 bits per heavy atom. The lowest BCUT2D eigenvalue weighted by atomic mass is 10.2. The average Bonchev–Trinajstić information content (AvgIpc) is 2.93. The Hall–Kier alpha value is -1.82. The summed E-state index contributed by atoms with van der Waals surface area (Å²) in [5.74, 6) is 0.304. The first kappa shape index (κ1) is 14.6. The van der Waals surface area contributed by atoms with Crippen LogP contribution >= 0.6 is 0 Å². The van der Waals surface area contributed by atoms with Gasteiger partial charge in [-0.05, 0) is 25.3 Å². The molecule has 1 unspecified atom stereocenters. The smallest absolute Gasteiger partial charge is 0.311 e. The van der Waals surface area contributed by atoms with Gasteiger partial charge in [0, 0.05) is 24.4 Å². The lowest BCUT2D eigenvalue weighted by molar-refractivity contribution is -0.385. The van der Waals surface area contributed by atoms with Crippen molar-refractivity contribution in [2.45, 2.75) is 32.2 Å². The van der Waals surface area contributed by atoms with E-state index in [1.807, 2.05) is 6.92 Å². The van der Waals surface area contributed by atoms with Crippen LogP contribution < -0.4 is 9.64 Å². The first-order chi connectivity index (χ1) is 9.67. The summed E-state index contributed by atoms with van der Waals surface area (Å²) < 4.78 is 5.49. The van der Waals surface area contributed by atoms with Crippen molar-refractivity contribution in [2.24, 2.45) is 0 Å². The van der Waals surface area contributed by atoms with Gasteiger partial charge >= 0.3 is 5.69 Å². The summed E-state index contributed by atoms with van der Waals surface area (Å²) in [5.41, 5.74) is 0.861. The molecule has 2 rings (SSSR count). The summed E-state index contributed by atoms with van der Waals surface area (Å²) >= 11 is 0. The number of nitro benzene ring substituents is 1. The third-order valence-electron chi connectivity index (χ3n) is 3.52. The fourth-order valence-corrected chi connectivity index (χ4v) is 2.53. The van der Waals surface area contributed by atoms with E-state index in [1.54, 1.807) is 12.1 Å². The first-order valence-corrected chi connectivity index (χ1v) is 6.96. The molecule has 1 fully saturated rings. The summed E-state index contributed by atoms with van der Waals surface area (Å²) in [6, 6.07) is 5.01. The number of anilines is 1.